The molecule has 0 heterocycles. The van der Waals surface area contributed by atoms with Gasteiger partial charge in [-0.1, -0.05) is 30.4 Å². The van der Waals surface area contributed by atoms with Gasteiger partial charge in [0.15, 0.2) is 0 Å². The van der Waals surface area contributed by atoms with Crippen molar-refractivity contribution in [2.24, 2.45) is 0 Å². The number of carbonyl (C=O) groups is 2. The minimum absolute atomic E-state index is 0.0189. The summed E-state index contributed by atoms with van der Waals surface area (Å²) in [5.74, 6) is -0.0369. The van der Waals surface area contributed by atoms with E-state index in [1.807, 2.05) is 57.2 Å². The van der Waals surface area contributed by atoms with Crippen molar-refractivity contribution in [1.29, 1.82) is 0 Å². The van der Waals surface area contributed by atoms with Gasteiger partial charge in [-0.05, 0) is 56.7 Å². The summed E-state index contributed by atoms with van der Waals surface area (Å²) in [6.45, 7) is 6.61. The number of ether oxygens (including phenoxy) is 1. The van der Waals surface area contributed by atoms with Crippen LogP contribution in [0.3, 0.4) is 0 Å². The van der Waals surface area contributed by atoms with Crippen molar-refractivity contribution in [1.82, 2.24) is 10.4 Å². The molecule has 2 amide bonds. The zero-order valence-electron chi connectivity index (χ0n) is 16.4. The Kier molecular flexibility index (Phi) is 7.77. The number of nitrogens with one attached hydrogen (secondary N) is 1. The van der Waals surface area contributed by atoms with Crippen LogP contribution in [0.2, 0.25) is 0 Å². The molecule has 0 fully saturated rings. The first-order chi connectivity index (χ1) is 13.5. The lowest BCUT2D eigenvalue weighted by molar-refractivity contribution is 0.0673. The van der Waals surface area contributed by atoms with Crippen molar-refractivity contribution in [3.8, 4) is 5.75 Å². The van der Waals surface area contributed by atoms with Crippen LogP contribution in [-0.4, -0.2) is 41.1 Å². The van der Waals surface area contributed by atoms with Gasteiger partial charge in [0.25, 0.3) is 11.8 Å². The van der Waals surface area contributed by atoms with E-state index in [0.29, 0.717) is 30.0 Å². The highest BCUT2D eigenvalue weighted by Gasteiger charge is 2.20. The Morgan fingerprint density at radius 2 is 1.82 bits per heavy atom. The van der Waals surface area contributed by atoms with Gasteiger partial charge in [0.1, 0.15) is 12.4 Å². The Morgan fingerprint density at radius 3 is 2.43 bits per heavy atom. The first-order valence-corrected chi connectivity index (χ1v) is 9.18. The molecular weight excluding hydrogens is 356 g/mol. The van der Waals surface area contributed by atoms with E-state index in [2.05, 4.69) is 0 Å². The molecule has 148 valence electrons. The predicted molar refractivity (Wildman–Crippen MR) is 109 cm³/mol. The lowest BCUT2D eigenvalue weighted by atomic mass is 10.1. The molecule has 2 aromatic rings. The third-order valence-electron chi connectivity index (χ3n) is 4.24. The van der Waals surface area contributed by atoms with Crippen LogP contribution in [-0.2, 0) is 0 Å². The van der Waals surface area contributed by atoms with Crippen LogP contribution in [0.5, 0.6) is 5.75 Å². The third kappa shape index (κ3) is 5.44. The first-order valence-electron chi connectivity index (χ1n) is 9.18. The predicted octanol–water partition coefficient (Wildman–Crippen LogP) is 3.77. The van der Waals surface area contributed by atoms with E-state index >= 15 is 0 Å². The number of allylic oxidation sites excluding steroid dienone is 1. The zero-order valence-corrected chi connectivity index (χ0v) is 16.4. The standard InChI is InChI=1S/C22H26N2O4/c1-4-7-17-8-5-6-9-20(17)22(26)24(16(2)3)14-15-28-19-12-10-18(11-13-19)21(25)23-27/h4-13,16,27H,14-15H2,1-3H3,(H,23,25)/b7-4+. The number of hydrogen-bond acceptors (Lipinski definition) is 4. The average Bonchev–Trinajstić information content (AvgIpc) is 2.71. The summed E-state index contributed by atoms with van der Waals surface area (Å²) in [6, 6.07) is 13.9. The van der Waals surface area contributed by atoms with Crippen LogP contribution in [0.1, 0.15) is 47.1 Å². The number of rotatable bonds is 8. The van der Waals surface area contributed by atoms with Crippen molar-refractivity contribution in [3.05, 3.63) is 71.3 Å². The van der Waals surface area contributed by atoms with E-state index in [4.69, 9.17) is 9.94 Å². The SMILES string of the molecule is C/C=C/c1ccccc1C(=O)N(CCOc1ccc(C(=O)NO)cc1)C(C)C. The summed E-state index contributed by atoms with van der Waals surface area (Å²) in [4.78, 5) is 26.2. The number of benzene rings is 2. The second-order valence-electron chi connectivity index (χ2n) is 6.49. The normalized spacial score (nSPS) is 10.9. The largest absolute Gasteiger partial charge is 0.492 e. The number of amides is 2. The van der Waals surface area contributed by atoms with Gasteiger partial charge in [0, 0.05) is 17.2 Å². The molecule has 0 aliphatic heterocycles. The summed E-state index contributed by atoms with van der Waals surface area (Å²) < 4.78 is 5.72. The van der Waals surface area contributed by atoms with Gasteiger partial charge in [0.2, 0.25) is 0 Å². The van der Waals surface area contributed by atoms with E-state index in [1.165, 1.54) is 0 Å². The lowest BCUT2D eigenvalue weighted by Crippen LogP contribution is -2.40. The highest BCUT2D eigenvalue weighted by Crippen LogP contribution is 2.16. The molecule has 0 radical (unpaired) electrons. The van der Waals surface area contributed by atoms with Crippen molar-refractivity contribution >= 4 is 17.9 Å². The quantitative estimate of drug-likeness (QED) is 0.538. The molecule has 0 unspecified atom stereocenters. The molecule has 6 nitrogen and oxygen atoms in total. The molecule has 2 N–H and O–H groups in total. The summed E-state index contributed by atoms with van der Waals surface area (Å²) in [5.41, 5.74) is 3.46. The molecular formula is C22H26N2O4. The maximum absolute atomic E-state index is 13.0. The fourth-order valence-electron chi connectivity index (χ4n) is 2.79. The fraction of sp³-hybridized carbons (Fsp3) is 0.273. The van der Waals surface area contributed by atoms with Crippen LogP contribution >= 0.6 is 0 Å². The van der Waals surface area contributed by atoms with Crippen LogP contribution < -0.4 is 10.2 Å². The first kappa shape index (κ1) is 21.2. The highest BCUT2D eigenvalue weighted by atomic mass is 16.5. The summed E-state index contributed by atoms with van der Waals surface area (Å²) in [6.07, 6.45) is 3.84. The van der Waals surface area contributed by atoms with E-state index in [9.17, 15) is 9.59 Å². The summed E-state index contributed by atoms with van der Waals surface area (Å²) in [5, 5.41) is 8.64. The van der Waals surface area contributed by atoms with E-state index < -0.39 is 5.91 Å². The Labute approximate surface area is 165 Å². The van der Waals surface area contributed by atoms with Crippen molar-refractivity contribution in [3.63, 3.8) is 0 Å². The number of carbonyl (C=O) groups excluding carboxylic acids is 2. The van der Waals surface area contributed by atoms with Crippen LogP contribution in [0.15, 0.2) is 54.6 Å². The van der Waals surface area contributed by atoms with Crippen molar-refractivity contribution in [2.45, 2.75) is 26.8 Å². The maximum atomic E-state index is 13.0. The Hall–Kier alpha value is -3.12. The second-order valence-corrected chi connectivity index (χ2v) is 6.49. The molecule has 6 heteroatoms. The van der Waals surface area contributed by atoms with Gasteiger partial charge in [0.05, 0.1) is 6.54 Å². The molecule has 0 aliphatic rings. The maximum Gasteiger partial charge on any atom is 0.274 e. The van der Waals surface area contributed by atoms with Gasteiger partial charge in [-0.2, -0.15) is 0 Å². The van der Waals surface area contributed by atoms with Crippen LogP contribution in [0, 0.1) is 0 Å². The van der Waals surface area contributed by atoms with Gasteiger partial charge in [-0.15, -0.1) is 0 Å². The lowest BCUT2D eigenvalue weighted by Gasteiger charge is -2.27. The number of nitrogens with zero attached hydrogens (tertiary/aromatic N) is 1. The minimum Gasteiger partial charge on any atom is -0.492 e. The fourth-order valence-corrected chi connectivity index (χ4v) is 2.79. The minimum atomic E-state index is -0.581. The highest BCUT2D eigenvalue weighted by molar-refractivity contribution is 5.98. The van der Waals surface area contributed by atoms with Gasteiger partial charge in [-0.25, -0.2) is 5.48 Å². The molecule has 2 rings (SSSR count). The van der Waals surface area contributed by atoms with Gasteiger partial charge in [-0.3, -0.25) is 14.8 Å². The number of hydrogen-bond donors (Lipinski definition) is 2. The van der Waals surface area contributed by atoms with E-state index in [0.717, 1.165) is 5.56 Å². The number of hydroxylamine groups is 1. The Balaban J connectivity index is 2.03. The van der Waals surface area contributed by atoms with Crippen LogP contribution in [0.4, 0.5) is 0 Å². The summed E-state index contributed by atoms with van der Waals surface area (Å²) >= 11 is 0. The van der Waals surface area contributed by atoms with Crippen LogP contribution in [0.25, 0.3) is 6.08 Å². The molecule has 0 saturated heterocycles. The third-order valence-corrected chi connectivity index (χ3v) is 4.24. The van der Waals surface area contributed by atoms with Crippen molar-refractivity contribution in [2.75, 3.05) is 13.2 Å². The summed E-state index contributed by atoms with van der Waals surface area (Å²) in [7, 11) is 0. The molecule has 0 aliphatic carbocycles. The average molecular weight is 382 g/mol. The smallest absolute Gasteiger partial charge is 0.274 e. The van der Waals surface area contributed by atoms with E-state index in [1.54, 1.807) is 34.6 Å². The molecule has 0 saturated carbocycles. The molecule has 0 bridgehead atoms. The Bertz CT molecular complexity index is 829. The van der Waals surface area contributed by atoms with Gasteiger partial charge < -0.3 is 9.64 Å². The molecule has 0 atom stereocenters. The topological polar surface area (TPSA) is 78.9 Å². The molecule has 2 aromatic carbocycles. The molecule has 0 spiro atoms. The van der Waals surface area contributed by atoms with Crippen molar-refractivity contribution < 1.29 is 19.5 Å². The molecule has 28 heavy (non-hydrogen) atoms. The monoisotopic (exact) mass is 382 g/mol. The second kappa shape index (κ2) is 10.3. The van der Waals surface area contributed by atoms with E-state index in [-0.39, 0.29) is 11.9 Å². The van der Waals surface area contributed by atoms with Gasteiger partial charge >= 0.3 is 0 Å². The Morgan fingerprint density at radius 1 is 1.14 bits per heavy atom. The molecule has 0 aromatic heterocycles. The zero-order chi connectivity index (χ0) is 20.5.